The zero-order chi connectivity index (χ0) is 13.5. The lowest BCUT2D eigenvalue weighted by atomic mass is 10.2. The van der Waals surface area contributed by atoms with Gasteiger partial charge in [-0.1, -0.05) is 0 Å². The smallest absolute Gasteiger partial charge is 0.202 e. The Kier molecular flexibility index (Phi) is 5.85. The molecule has 0 radical (unpaired) electrons. The number of imidazole rings is 1. The van der Waals surface area contributed by atoms with Gasteiger partial charge in [0.2, 0.25) is 5.95 Å². The molecule has 0 aliphatic carbocycles. The first-order chi connectivity index (χ1) is 9.29. The molecule has 0 spiro atoms. The van der Waals surface area contributed by atoms with E-state index in [9.17, 15) is 4.21 Å². The topological polar surface area (TPSA) is 56.1 Å². The number of rotatable bonds is 7. The molecule has 1 fully saturated rings. The summed E-state index contributed by atoms with van der Waals surface area (Å²) in [5.41, 5.74) is 0. The summed E-state index contributed by atoms with van der Waals surface area (Å²) in [7, 11) is -0.606. The molecule has 1 aliphatic rings. The highest BCUT2D eigenvalue weighted by molar-refractivity contribution is 7.85. The minimum Gasteiger partial charge on any atom is -0.382 e. The van der Waals surface area contributed by atoms with Gasteiger partial charge in [-0.15, -0.1) is 0 Å². The van der Waals surface area contributed by atoms with Crippen LogP contribution in [0, 0.1) is 0 Å². The number of aryl methyl sites for hydroxylation is 1. The average molecular weight is 285 g/mol. The average Bonchev–Trinajstić information content (AvgIpc) is 2.85. The lowest BCUT2D eigenvalue weighted by molar-refractivity contribution is 0.142. The maximum Gasteiger partial charge on any atom is 0.202 e. The van der Waals surface area contributed by atoms with Gasteiger partial charge in [0.05, 0.1) is 0 Å². The van der Waals surface area contributed by atoms with Crippen molar-refractivity contribution >= 4 is 16.7 Å². The normalized spacial score (nSPS) is 23.4. The first-order valence-corrected chi connectivity index (χ1v) is 8.48. The van der Waals surface area contributed by atoms with E-state index in [0.29, 0.717) is 6.04 Å². The second-order valence-electron chi connectivity index (χ2n) is 4.76. The summed E-state index contributed by atoms with van der Waals surface area (Å²) in [5, 5.41) is 3.47. The van der Waals surface area contributed by atoms with E-state index in [4.69, 9.17) is 4.74 Å². The molecule has 2 rings (SSSR count). The molecule has 0 bridgehead atoms. The first kappa shape index (κ1) is 14.5. The van der Waals surface area contributed by atoms with Crippen molar-refractivity contribution in [2.75, 3.05) is 30.0 Å². The Hall–Kier alpha value is -0.880. The van der Waals surface area contributed by atoms with Gasteiger partial charge in [0.15, 0.2) is 0 Å². The van der Waals surface area contributed by atoms with E-state index in [-0.39, 0.29) is 0 Å². The SMILES string of the molecule is CCOCCCn1ccnc1NC1CCS(=O)CC1. The van der Waals surface area contributed by atoms with Crippen LogP contribution in [0.4, 0.5) is 5.95 Å². The number of hydrogen-bond acceptors (Lipinski definition) is 4. The van der Waals surface area contributed by atoms with Crippen LogP contribution in [0.1, 0.15) is 26.2 Å². The minimum atomic E-state index is -0.606. The first-order valence-electron chi connectivity index (χ1n) is 7.00. The summed E-state index contributed by atoms with van der Waals surface area (Å²) in [5.74, 6) is 2.54. The fourth-order valence-electron chi connectivity index (χ4n) is 2.23. The molecular formula is C13H23N3O2S. The summed E-state index contributed by atoms with van der Waals surface area (Å²) in [6.07, 6.45) is 6.75. The highest BCUT2D eigenvalue weighted by Gasteiger charge is 2.18. The van der Waals surface area contributed by atoms with Gasteiger partial charge in [-0.05, 0) is 26.2 Å². The van der Waals surface area contributed by atoms with Crippen LogP contribution >= 0.6 is 0 Å². The van der Waals surface area contributed by atoms with Gasteiger partial charge in [0.1, 0.15) is 0 Å². The largest absolute Gasteiger partial charge is 0.382 e. The molecule has 2 heterocycles. The third kappa shape index (κ3) is 4.62. The molecule has 108 valence electrons. The van der Waals surface area contributed by atoms with Gasteiger partial charge < -0.3 is 14.6 Å². The molecule has 0 atom stereocenters. The van der Waals surface area contributed by atoms with Crippen LogP contribution in [0.25, 0.3) is 0 Å². The van der Waals surface area contributed by atoms with Crippen molar-refractivity contribution in [1.82, 2.24) is 9.55 Å². The standard InChI is InChI=1S/C13H23N3O2S/c1-2-18-9-3-7-16-8-6-14-13(16)15-12-4-10-19(17)11-5-12/h6,8,12H,2-5,7,9-11H2,1H3,(H,14,15). The molecule has 1 aliphatic heterocycles. The molecule has 5 nitrogen and oxygen atoms in total. The lowest BCUT2D eigenvalue weighted by Crippen LogP contribution is -2.30. The van der Waals surface area contributed by atoms with E-state index >= 15 is 0 Å². The Labute approximate surface area is 117 Å². The Bertz CT molecular complexity index is 398. The van der Waals surface area contributed by atoms with Crippen LogP contribution in [-0.2, 0) is 22.1 Å². The summed E-state index contributed by atoms with van der Waals surface area (Å²) >= 11 is 0. The van der Waals surface area contributed by atoms with Gasteiger partial charge in [0, 0.05) is 60.5 Å². The molecule has 0 unspecified atom stereocenters. The summed E-state index contributed by atoms with van der Waals surface area (Å²) in [4.78, 5) is 4.36. The van der Waals surface area contributed by atoms with Crippen LogP contribution in [-0.4, -0.2) is 44.5 Å². The molecule has 1 aromatic heterocycles. The number of anilines is 1. The predicted octanol–water partition coefficient (Wildman–Crippen LogP) is 1.63. The Morgan fingerprint density at radius 2 is 2.32 bits per heavy atom. The zero-order valence-corrected chi connectivity index (χ0v) is 12.3. The molecule has 0 amide bonds. The monoisotopic (exact) mass is 285 g/mol. The van der Waals surface area contributed by atoms with Crippen LogP contribution in [0.3, 0.4) is 0 Å². The van der Waals surface area contributed by atoms with Crippen LogP contribution in [0.5, 0.6) is 0 Å². The van der Waals surface area contributed by atoms with E-state index in [1.165, 1.54) is 0 Å². The van der Waals surface area contributed by atoms with E-state index in [1.807, 2.05) is 19.3 Å². The lowest BCUT2D eigenvalue weighted by Gasteiger charge is -2.23. The van der Waals surface area contributed by atoms with Gasteiger partial charge >= 0.3 is 0 Å². The molecular weight excluding hydrogens is 262 g/mol. The number of hydrogen-bond donors (Lipinski definition) is 1. The minimum absolute atomic E-state index is 0.408. The van der Waals surface area contributed by atoms with Gasteiger partial charge in [-0.2, -0.15) is 0 Å². The third-order valence-corrected chi connectivity index (χ3v) is 4.71. The van der Waals surface area contributed by atoms with Crippen molar-refractivity contribution in [3.63, 3.8) is 0 Å². The van der Waals surface area contributed by atoms with Crippen molar-refractivity contribution in [3.8, 4) is 0 Å². The Morgan fingerprint density at radius 1 is 1.53 bits per heavy atom. The number of nitrogens with zero attached hydrogens (tertiary/aromatic N) is 2. The number of nitrogens with one attached hydrogen (secondary N) is 1. The molecule has 0 saturated carbocycles. The van der Waals surface area contributed by atoms with Crippen molar-refractivity contribution < 1.29 is 8.95 Å². The van der Waals surface area contributed by atoms with Crippen molar-refractivity contribution in [1.29, 1.82) is 0 Å². The Balaban J connectivity index is 1.80. The maximum atomic E-state index is 11.3. The van der Waals surface area contributed by atoms with Gasteiger partial charge in [-0.3, -0.25) is 4.21 Å². The number of ether oxygens (including phenoxy) is 1. The molecule has 1 saturated heterocycles. The van der Waals surface area contributed by atoms with Crippen molar-refractivity contribution in [2.24, 2.45) is 0 Å². The number of aromatic nitrogens is 2. The molecule has 19 heavy (non-hydrogen) atoms. The van der Waals surface area contributed by atoms with E-state index in [2.05, 4.69) is 14.9 Å². The zero-order valence-electron chi connectivity index (χ0n) is 11.5. The van der Waals surface area contributed by atoms with Crippen LogP contribution in [0.15, 0.2) is 12.4 Å². The maximum absolute atomic E-state index is 11.3. The Morgan fingerprint density at radius 3 is 3.05 bits per heavy atom. The van der Waals surface area contributed by atoms with E-state index < -0.39 is 10.8 Å². The highest BCUT2D eigenvalue weighted by atomic mass is 32.2. The summed E-state index contributed by atoms with van der Waals surface area (Å²) in [6.45, 7) is 4.49. The molecule has 1 N–H and O–H groups in total. The summed E-state index contributed by atoms with van der Waals surface area (Å²) < 4.78 is 18.8. The predicted molar refractivity (Wildman–Crippen MR) is 77.9 cm³/mol. The third-order valence-electron chi connectivity index (χ3n) is 3.33. The quantitative estimate of drug-likeness (QED) is 0.774. The van der Waals surface area contributed by atoms with Crippen LogP contribution in [0.2, 0.25) is 0 Å². The van der Waals surface area contributed by atoms with E-state index in [1.54, 1.807) is 0 Å². The molecule has 0 aromatic carbocycles. The van der Waals surface area contributed by atoms with Crippen molar-refractivity contribution in [3.05, 3.63) is 12.4 Å². The summed E-state index contributed by atoms with van der Waals surface area (Å²) in [6, 6.07) is 0.408. The fraction of sp³-hybridized carbons (Fsp3) is 0.769. The van der Waals surface area contributed by atoms with Gasteiger partial charge in [-0.25, -0.2) is 4.98 Å². The fourth-order valence-corrected chi connectivity index (χ4v) is 3.53. The van der Waals surface area contributed by atoms with E-state index in [0.717, 1.165) is 56.5 Å². The second kappa shape index (κ2) is 7.65. The molecule has 6 heteroatoms. The molecule has 1 aromatic rings. The second-order valence-corrected chi connectivity index (χ2v) is 6.46. The van der Waals surface area contributed by atoms with Crippen molar-refractivity contribution in [2.45, 2.75) is 38.8 Å². The van der Waals surface area contributed by atoms with Gasteiger partial charge in [0.25, 0.3) is 0 Å². The van der Waals surface area contributed by atoms with Crippen LogP contribution < -0.4 is 5.32 Å². The highest BCUT2D eigenvalue weighted by Crippen LogP contribution is 2.15.